The first kappa shape index (κ1) is 15.6. The first-order valence-corrected chi connectivity index (χ1v) is 7.28. The van der Waals surface area contributed by atoms with E-state index in [4.69, 9.17) is 9.47 Å². The molecule has 1 N–H and O–H groups in total. The summed E-state index contributed by atoms with van der Waals surface area (Å²) in [6.45, 7) is 3.99. The van der Waals surface area contributed by atoms with E-state index in [2.05, 4.69) is 25.9 Å². The fraction of sp³-hybridized carbons (Fsp3) is 0.333. The Bertz CT molecular complexity index is 711. The molecule has 0 aliphatic rings. The zero-order valence-corrected chi connectivity index (χ0v) is 13.9. The van der Waals surface area contributed by atoms with Crippen molar-refractivity contribution >= 4 is 15.9 Å². The number of hydrogen-bond donors (Lipinski definition) is 1. The van der Waals surface area contributed by atoms with Crippen LogP contribution < -0.4 is 15.0 Å². The molecule has 2 aromatic rings. The molecule has 6 heteroatoms. The quantitative estimate of drug-likeness (QED) is 0.916. The molecule has 1 aromatic carbocycles. The largest absolute Gasteiger partial charge is 0.493 e. The molecule has 0 bridgehead atoms. The van der Waals surface area contributed by atoms with E-state index < -0.39 is 0 Å². The van der Waals surface area contributed by atoms with Crippen molar-refractivity contribution in [1.82, 2.24) is 9.97 Å². The summed E-state index contributed by atoms with van der Waals surface area (Å²) in [7, 11) is 3.14. The highest BCUT2D eigenvalue weighted by atomic mass is 79.9. The van der Waals surface area contributed by atoms with Crippen LogP contribution in [0.15, 0.2) is 27.5 Å². The molecule has 0 spiro atoms. The lowest BCUT2D eigenvalue weighted by Crippen LogP contribution is -2.11. The number of rotatable bonds is 4. The molecule has 0 amide bonds. The molecule has 0 atom stereocenters. The van der Waals surface area contributed by atoms with Crippen molar-refractivity contribution in [2.75, 3.05) is 14.2 Å². The number of H-pyrrole nitrogens is 1. The van der Waals surface area contributed by atoms with Crippen LogP contribution in [0.5, 0.6) is 11.5 Å². The minimum Gasteiger partial charge on any atom is -0.493 e. The number of hydrogen-bond acceptors (Lipinski definition) is 4. The molecule has 5 nitrogen and oxygen atoms in total. The smallest absolute Gasteiger partial charge is 0.251 e. The molecular formula is C15H17BrN2O3. The van der Waals surface area contributed by atoms with Crippen molar-refractivity contribution in [2.45, 2.75) is 19.8 Å². The van der Waals surface area contributed by atoms with Gasteiger partial charge in [0.05, 0.1) is 19.9 Å². The fourth-order valence-corrected chi connectivity index (χ4v) is 2.45. The summed E-state index contributed by atoms with van der Waals surface area (Å²) >= 11 is 3.48. The maximum atomic E-state index is 11.8. The number of methoxy groups -OCH3 is 2. The predicted molar refractivity (Wildman–Crippen MR) is 85.2 cm³/mol. The van der Waals surface area contributed by atoms with Gasteiger partial charge in [-0.25, -0.2) is 4.98 Å². The van der Waals surface area contributed by atoms with Crippen LogP contribution in [0, 0.1) is 0 Å². The lowest BCUT2D eigenvalue weighted by molar-refractivity contribution is 0.355. The van der Waals surface area contributed by atoms with Crippen LogP contribution >= 0.6 is 15.9 Å². The average Bonchev–Trinajstić information content (AvgIpc) is 2.46. The fourth-order valence-electron chi connectivity index (χ4n) is 1.94. The number of ether oxygens (including phenoxy) is 2. The molecular weight excluding hydrogens is 336 g/mol. The summed E-state index contributed by atoms with van der Waals surface area (Å²) < 4.78 is 11.3. The Kier molecular flexibility index (Phi) is 4.67. The number of benzene rings is 1. The maximum absolute atomic E-state index is 11.8. The molecule has 1 heterocycles. The lowest BCUT2D eigenvalue weighted by atomic mass is 10.1. The minimum absolute atomic E-state index is 0.171. The van der Waals surface area contributed by atoms with Gasteiger partial charge in [-0.05, 0) is 34.0 Å². The van der Waals surface area contributed by atoms with Gasteiger partial charge < -0.3 is 14.5 Å². The van der Waals surface area contributed by atoms with Crippen LogP contribution in [0.3, 0.4) is 0 Å². The van der Waals surface area contributed by atoms with Crippen LogP contribution in [0.4, 0.5) is 0 Å². The number of nitrogens with one attached hydrogen (secondary N) is 1. The predicted octanol–water partition coefficient (Wildman–Crippen LogP) is 3.34. The van der Waals surface area contributed by atoms with Gasteiger partial charge in [-0.3, -0.25) is 4.79 Å². The van der Waals surface area contributed by atoms with Crippen LogP contribution in [0.1, 0.15) is 25.5 Å². The number of nitrogens with zero attached hydrogens (tertiary/aromatic N) is 1. The van der Waals surface area contributed by atoms with Crippen LogP contribution in [0.25, 0.3) is 11.4 Å². The monoisotopic (exact) mass is 352 g/mol. The SMILES string of the molecule is COc1cc(Br)c(-c2nc(C(C)C)cc(=O)[nH]2)cc1OC. The Morgan fingerprint density at radius 2 is 1.76 bits per heavy atom. The first-order valence-electron chi connectivity index (χ1n) is 6.49. The summed E-state index contributed by atoms with van der Waals surface area (Å²) in [5, 5.41) is 0. The highest BCUT2D eigenvalue weighted by Gasteiger charge is 2.14. The third kappa shape index (κ3) is 3.26. The number of halogens is 1. The van der Waals surface area contributed by atoms with Gasteiger partial charge in [-0.2, -0.15) is 0 Å². The molecule has 2 rings (SSSR count). The minimum atomic E-state index is -0.176. The van der Waals surface area contributed by atoms with E-state index in [1.54, 1.807) is 26.4 Å². The highest BCUT2D eigenvalue weighted by Crippen LogP contribution is 2.37. The molecule has 0 unspecified atom stereocenters. The van der Waals surface area contributed by atoms with Crippen LogP contribution in [-0.4, -0.2) is 24.2 Å². The summed E-state index contributed by atoms with van der Waals surface area (Å²) in [6, 6.07) is 5.09. The molecule has 0 aliphatic carbocycles. The summed E-state index contributed by atoms with van der Waals surface area (Å²) in [5.74, 6) is 1.85. The standard InChI is InChI=1S/C15H17BrN2O3/c1-8(2)11-7-14(19)18-15(17-11)9-5-12(20-3)13(21-4)6-10(9)16/h5-8H,1-4H3,(H,17,18,19). The maximum Gasteiger partial charge on any atom is 0.251 e. The Morgan fingerprint density at radius 1 is 1.14 bits per heavy atom. The van der Waals surface area contributed by atoms with E-state index in [0.29, 0.717) is 17.3 Å². The molecule has 0 aliphatic heterocycles. The Hall–Kier alpha value is -1.82. The topological polar surface area (TPSA) is 64.2 Å². The number of aromatic nitrogens is 2. The molecule has 21 heavy (non-hydrogen) atoms. The van der Waals surface area contributed by atoms with Gasteiger partial charge in [0.1, 0.15) is 5.82 Å². The van der Waals surface area contributed by atoms with Crippen molar-refractivity contribution in [2.24, 2.45) is 0 Å². The Morgan fingerprint density at radius 3 is 2.33 bits per heavy atom. The van der Waals surface area contributed by atoms with Crippen LogP contribution in [-0.2, 0) is 0 Å². The van der Waals surface area contributed by atoms with E-state index in [1.807, 2.05) is 13.8 Å². The molecule has 0 radical (unpaired) electrons. The van der Waals surface area contributed by atoms with Crippen molar-refractivity contribution in [1.29, 1.82) is 0 Å². The summed E-state index contributed by atoms with van der Waals surface area (Å²) in [4.78, 5) is 19.1. The summed E-state index contributed by atoms with van der Waals surface area (Å²) in [5.41, 5.74) is 1.31. The van der Waals surface area contributed by atoms with Crippen LogP contribution in [0.2, 0.25) is 0 Å². The van der Waals surface area contributed by atoms with Crippen molar-refractivity contribution in [3.8, 4) is 22.9 Å². The molecule has 1 aromatic heterocycles. The van der Waals surface area contributed by atoms with E-state index in [1.165, 1.54) is 6.07 Å². The average molecular weight is 353 g/mol. The van der Waals surface area contributed by atoms with E-state index in [9.17, 15) is 4.79 Å². The second-order valence-electron chi connectivity index (χ2n) is 4.86. The zero-order chi connectivity index (χ0) is 15.6. The third-order valence-electron chi connectivity index (χ3n) is 3.08. The third-order valence-corrected chi connectivity index (χ3v) is 3.74. The molecule has 0 saturated carbocycles. The Balaban J connectivity index is 2.64. The lowest BCUT2D eigenvalue weighted by Gasteiger charge is -2.12. The highest BCUT2D eigenvalue weighted by molar-refractivity contribution is 9.10. The van der Waals surface area contributed by atoms with Gasteiger partial charge in [-0.1, -0.05) is 13.8 Å². The molecule has 0 fully saturated rings. The summed E-state index contributed by atoms with van der Waals surface area (Å²) in [6.07, 6.45) is 0. The van der Waals surface area contributed by atoms with Gasteiger partial charge in [-0.15, -0.1) is 0 Å². The van der Waals surface area contributed by atoms with E-state index >= 15 is 0 Å². The van der Waals surface area contributed by atoms with Crippen molar-refractivity contribution in [3.05, 3.63) is 38.7 Å². The second-order valence-corrected chi connectivity index (χ2v) is 5.71. The van der Waals surface area contributed by atoms with Crippen molar-refractivity contribution in [3.63, 3.8) is 0 Å². The van der Waals surface area contributed by atoms with Gasteiger partial charge in [0.2, 0.25) is 0 Å². The van der Waals surface area contributed by atoms with Crippen molar-refractivity contribution < 1.29 is 9.47 Å². The molecule has 112 valence electrons. The Labute approximate surface area is 131 Å². The van der Waals surface area contributed by atoms with Gasteiger partial charge in [0.25, 0.3) is 5.56 Å². The zero-order valence-electron chi connectivity index (χ0n) is 12.4. The molecule has 0 saturated heterocycles. The van der Waals surface area contributed by atoms with E-state index in [-0.39, 0.29) is 11.5 Å². The van der Waals surface area contributed by atoms with Gasteiger partial charge in [0, 0.05) is 16.1 Å². The normalized spacial score (nSPS) is 10.8. The number of aromatic amines is 1. The van der Waals surface area contributed by atoms with Gasteiger partial charge in [0.15, 0.2) is 11.5 Å². The van der Waals surface area contributed by atoms with Gasteiger partial charge >= 0.3 is 0 Å². The van der Waals surface area contributed by atoms with E-state index in [0.717, 1.165) is 15.7 Å². The second kappa shape index (κ2) is 6.30. The first-order chi connectivity index (χ1) is 9.96.